The number of nitrogens with zero attached hydrogens (tertiary/aromatic N) is 3. The number of hydrogen-bond donors (Lipinski definition) is 2. The van der Waals surface area contributed by atoms with Gasteiger partial charge in [-0.3, -0.25) is 9.59 Å². The summed E-state index contributed by atoms with van der Waals surface area (Å²) in [6.45, 7) is 0.499. The van der Waals surface area contributed by atoms with E-state index in [-0.39, 0.29) is 23.9 Å². The molecule has 30 heavy (non-hydrogen) atoms. The molecule has 7 nitrogen and oxygen atoms in total. The molecule has 0 atom stereocenters. The van der Waals surface area contributed by atoms with Gasteiger partial charge in [0.05, 0.1) is 6.54 Å². The number of amides is 1. The topological polar surface area (TPSA) is 97.0 Å². The Balaban J connectivity index is 0.00000256. The van der Waals surface area contributed by atoms with E-state index in [1.807, 2.05) is 19.2 Å². The molecular formula is C22H22ClN5O2. The Bertz CT molecular complexity index is 1320. The van der Waals surface area contributed by atoms with E-state index in [1.54, 1.807) is 30.3 Å². The van der Waals surface area contributed by atoms with Crippen molar-refractivity contribution in [2.45, 2.75) is 6.54 Å². The molecule has 0 aliphatic carbocycles. The van der Waals surface area contributed by atoms with Gasteiger partial charge in [-0.15, -0.1) is 12.4 Å². The third kappa shape index (κ3) is 4.06. The van der Waals surface area contributed by atoms with E-state index >= 15 is 0 Å². The monoisotopic (exact) mass is 423 g/mol. The standard InChI is InChI=1S/C22H21N5O2.ClH/c1-26(13-16-10-15-5-3-4-6-19(15)27(16)2)21(29)8-7-14-9-17-18(23)11-20(28)25-22(17)24-12-14;/h3-12H,13H2,1-2H3,(H3,23,24,25,28);1H. The largest absolute Gasteiger partial charge is 0.398 e. The number of aromatic nitrogens is 3. The van der Waals surface area contributed by atoms with Gasteiger partial charge in [0.1, 0.15) is 5.65 Å². The number of aryl methyl sites for hydroxylation is 1. The maximum Gasteiger partial charge on any atom is 0.251 e. The molecule has 3 heterocycles. The molecule has 1 aromatic carbocycles. The number of nitrogens with one attached hydrogen (secondary N) is 1. The number of carbonyl (C=O) groups is 1. The predicted molar refractivity (Wildman–Crippen MR) is 122 cm³/mol. The van der Waals surface area contributed by atoms with Crippen molar-refractivity contribution in [1.29, 1.82) is 0 Å². The summed E-state index contributed by atoms with van der Waals surface area (Å²) >= 11 is 0. The van der Waals surface area contributed by atoms with Crippen molar-refractivity contribution in [3.63, 3.8) is 0 Å². The van der Waals surface area contributed by atoms with Gasteiger partial charge in [-0.05, 0) is 35.2 Å². The highest BCUT2D eigenvalue weighted by Crippen LogP contribution is 2.20. The maximum atomic E-state index is 12.6. The Morgan fingerprint density at radius 3 is 2.80 bits per heavy atom. The van der Waals surface area contributed by atoms with Crippen LogP contribution in [0.3, 0.4) is 0 Å². The number of pyridine rings is 2. The summed E-state index contributed by atoms with van der Waals surface area (Å²) in [7, 11) is 3.77. The first-order chi connectivity index (χ1) is 13.9. The Kier molecular flexibility index (Phi) is 5.94. The van der Waals surface area contributed by atoms with Crippen molar-refractivity contribution in [2.24, 2.45) is 7.05 Å². The molecule has 0 aliphatic heterocycles. The lowest BCUT2D eigenvalue weighted by molar-refractivity contribution is -0.125. The number of halogens is 1. The summed E-state index contributed by atoms with van der Waals surface area (Å²) in [6, 6.07) is 13.3. The normalized spacial score (nSPS) is 11.1. The van der Waals surface area contributed by atoms with Crippen molar-refractivity contribution in [3.05, 3.63) is 76.3 Å². The highest BCUT2D eigenvalue weighted by molar-refractivity contribution is 5.93. The van der Waals surface area contributed by atoms with Gasteiger partial charge >= 0.3 is 0 Å². The van der Waals surface area contributed by atoms with Crippen molar-refractivity contribution in [3.8, 4) is 0 Å². The lowest BCUT2D eigenvalue weighted by Gasteiger charge is -2.15. The molecule has 0 saturated carbocycles. The van der Waals surface area contributed by atoms with Crippen LogP contribution in [0.1, 0.15) is 11.3 Å². The second-order valence-corrected chi connectivity index (χ2v) is 7.03. The number of H-pyrrole nitrogens is 1. The number of fused-ring (bicyclic) bond motifs is 2. The van der Waals surface area contributed by atoms with E-state index in [0.717, 1.165) is 22.2 Å². The van der Waals surface area contributed by atoms with Crippen LogP contribution < -0.4 is 11.3 Å². The number of hydrogen-bond acceptors (Lipinski definition) is 4. The molecule has 0 bridgehead atoms. The number of nitrogen functional groups attached to an aromatic ring is 1. The van der Waals surface area contributed by atoms with Gasteiger partial charge in [-0.25, -0.2) is 4.98 Å². The lowest BCUT2D eigenvalue weighted by Crippen LogP contribution is -2.25. The molecule has 3 N–H and O–H groups in total. The first-order valence-electron chi connectivity index (χ1n) is 9.17. The Morgan fingerprint density at radius 1 is 1.27 bits per heavy atom. The molecule has 1 amide bonds. The maximum absolute atomic E-state index is 12.6. The zero-order valence-electron chi connectivity index (χ0n) is 16.6. The fraction of sp³-hybridized carbons (Fsp3) is 0.136. The van der Waals surface area contributed by atoms with Gasteiger partial charge in [0.2, 0.25) is 5.91 Å². The molecule has 0 radical (unpaired) electrons. The highest BCUT2D eigenvalue weighted by Gasteiger charge is 2.11. The van der Waals surface area contributed by atoms with E-state index < -0.39 is 0 Å². The molecule has 0 aliphatic rings. The van der Waals surface area contributed by atoms with E-state index in [2.05, 4.69) is 32.7 Å². The minimum Gasteiger partial charge on any atom is -0.398 e. The summed E-state index contributed by atoms with van der Waals surface area (Å²) in [5, 5.41) is 1.79. The molecule has 0 spiro atoms. The predicted octanol–water partition coefficient (Wildman–Crippen LogP) is 3.09. The molecule has 0 fully saturated rings. The first-order valence-corrected chi connectivity index (χ1v) is 9.17. The molecule has 4 rings (SSSR count). The van der Waals surface area contributed by atoms with Crippen molar-refractivity contribution in [1.82, 2.24) is 19.4 Å². The van der Waals surface area contributed by atoms with Crippen molar-refractivity contribution >= 4 is 52.0 Å². The molecule has 8 heteroatoms. The van der Waals surface area contributed by atoms with Crippen LogP contribution in [0.25, 0.3) is 28.0 Å². The fourth-order valence-electron chi connectivity index (χ4n) is 3.38. The van der Waals surface area contributed by atoms with E-state index in [9.17, 15) is 9.59 Å². The molecule has 4 aromatic rings. The smallest absolute Gasteiger partial charge is 0.251 e. The SMILES string of the molecule is CN(Cc1cc2ccccc2n1C)C(=O)C=Cc1cnc2[nH]c(=O)cc(N)c2c1.Cl. The lowest BCUT2D eigenvalue weighted by atomic mass is 10.2. The van der Waals surface area contributed by atoms with E-state index in [1.165, 1.54) is 12.1 Å². The van der Waals surface area contributed by atoms with Crippen LogP contribution in [0, 0.1) is 0 Å². The summed E-state index contributed by atoms with van der Waals surface area (Å²) in [4.78, 5) is 32.5. The van der Waals surface area contributed by atoms with Gasteiger partial charge in [-0.2, -0.15) is 0 Å². The van der Waals surface area contributed by atoms with E-state index in [0.29, 0.717) is 23.3 Å². The van der Waals surface area contributed by atoms with Gasteiger partial charge in [0.15, 0.2) is 0 Å². The highest BCUT2D eigenvalue weighted by atomic mass is 35.5. The van der Waals surface area contributed by atoms with Crippen LogP contribution in [-0.2, 0) is 18.4 Å². The summed E-state index contributed by atoms with van der Waals surface area (Å²) < 4.78 is 2.10. The number of aromatic amines is 1. The second kappa shape index (κ2) is 8.42. The minimum atomic E-state index is -0.295. The van der Waals surface area contributed by atoms with E-state index in [4.69, 9.17) is 5.73 Å². The molecule has 3 aromatic heterocycles. The van der Waals surface area contributed by atoms with Crippen LogP contribution >= 0.6 is 12.4 Å². The van der Waals surface area contributed by atoms with Gasteiger partial charge in [0.25, 0.3) is 5.56 Å². The number of anilines is 1. The number of carbonyl (C=O) groups excluding carboxylic acids is 1. The number of benzene rings is 1. The Morgan fingerprint density at radius 2 is 2.03 bits per heavy atom. The number of rotatable bonds is 4. The summed E-state index contributed by atoms with van der Waals surface area (Å²) in [5.74, 6) is -0.121. The quantitative estimate of drug-likeness (QED) is 0.493. The Hall–Kier alpha value is -3.58. The minimum absolute atomic E-state index is 0. The number of para-hydroxylation sites is 1. The van der Waals surface area contributed by atoms with Crippen LogP contribution in [0.15, 0.2) is 59.5 Å². The molecule has 0 saturated heterocycles. The zero-order chi connectivity index (χ0) is 20.5. The van der Waals surface area contributed by atoms with Crippen molar-refractivity contribution < 1.29 is 4.79 Å². The number of nitrogens with two attached hydrogens (primary N) is 1. The van der Waals surface area contributed by atoms with Crippen LogP contribution in [0.2, 0.25) is 0 Å². The third-order valence-corrected chi connectivity index (χ3v) is 4.99. The number of likely N-dealkylation sites (N-methyl/N-ethyl adjacent to an activating group) is 1. The van der Waals surface area contributed by atoms with Crippen LogP contribution in [-0.4, -0.2) is 32.4 Å². The van der Waals surface area contributed by atoms with Crippen molar-refractivity contribution in [2.75, 3.05) is 12.8 Å². The average molecular weight is 424 g/mol. The Labute approximate surface area is 179 Å². The molecular weight excluding hydrogens is 402 g/mol. The average Bonchev–Trinajstić information content (AvgIpc) is 3.02. The molecule has 154 valence electrons. The van der Waals surface area contributed by atoms with Gasteiger partial charge < -0.3 is 20.2 Å². The summed E-state index contributed by atoms with van der Waals surface area (Å²) in [6.07, 6.45) is 4.79. The van der Waals surface area contributed by atoms with Gasteiger partial charge in [-0.1, -0.05) is 18.2 Å². The fourth-order valence-corrected chi connectivity index (χ4v) is 3.38. The molecule has 0 unspecified atom stereocenters. The summed E-state index contributed by atoms with van der Waals surface area (Å²) in [5.41, 5.74) is 9.30. The van der Waals surface area contributed by atoms with Gasteiger partial charge in [0, 0.05) is 54.7 Å². The van der Waals surface area contributed by atoms with Crippen LogP contribution in [0.5, 0.6) is 0 Å². The second-order valence-electron chi connectivity index (χ2n) is 7.03. The first kappa shape index (κ1) is 21.1. The van der Waals surface area contributed by atoms with Crippen LogP contribution in [0.4, 0.5) is 5.69 Å². The zero-order valence-corrected chi connectivity index (χ0v) is 17.4. The third-order valence-electron chi connectivity index (χ3n) is 4.99.